The molecule has 1 aromatic heterocycles. The molecule has 1 amide bonds. The molecule has 0 bridgehead atoms. The first-order valence-electron chi connectivity index (χ1n) is 9.17. The van der Waals surface area contributed by atoms with E-state index < -0.39 is 0 Å². The zero-order chi connectivity index (χ0) is 18.5. The molecule has 2 atom stereocenters. The topological polar surface area (TPSA) is 60.7 Å². The zero-order valence-electron chi connectivity index (χ0n) is 15.7. The van der Waals surface area contributed by atoms with Gasteiger partial charge in [-0.15, -0.1) is 0 Å². The fraction of sp³-hybridized carbons (Fsp3) is 0.476. The van der Waals surface area contributed by atoms with Gasteiger partial charge in [0.2, 0.25) is 5.91 Å². The van der Waals surface area contributed by atoms with Crippen molar-refractivity contribution in [2.24, 2.45) is 5.92 Å². The molecule has 1 N–H and O–H groups in total. The molecule has 3 rings (SSSR count). The molecule has 140 valence electrons. The first kappa shape index (κ1) is 18.4. The molecule has 1 aliphatic carbocycles. The number of benzene rings is 1. The van der Waals surface area contributed by atoms with Gasteiger partial charge in [0.15, 0.2) is 0 Å². The van der Waals surface area contributed by atoms with E-state index in [1.165, 1.54) is 6.42 Å². The Hall–Kier alpha value is -2.43. The van der Waals surface area contributed by atoms with E-state index in [2.05, 4.69) is 18.3 Å². The van der Waals surface area contributed by atoms with Crippen LogP contribution in [0, 0.1) is 5.92 Å². The van der Waals surface area contributed by atoms with Crippen LogP contribution in [0.3, 0.4) is 0 Å². The lowest BCUT2D eigenvalue weighted by Gasteiger charge is -2.11. The van der Waals surface area contributed by atoms with Crippen LogP contribution in [0.2, 0.25) is 0 Å². The highest BCUT2D eigenvalue weighted by Crippen LogP contribution is 2.47. The highest BCUT2D eigenvalue weighted by Gasteiger charge is 2.36. The van der Waals surface area contributed by atoms with Crippen LogP contribution in [0.25, 0.3) is 0 Å². The van der Waals surface area contributed by atoms with Crippen molar-refractivity contribution in [1.29, 1.82) is 0 Å². The summed E-state index contributed by atoms with van der Waals surface area (Å²) in [6, 6.07) is 9.73. The molecule has 0 aliphatic heterocycles. The summed E-state index contributed by atoms with van der Waals surface area (Å²) in [4.78, 5) is 12.1. The largest absolute Gasteiger partial charge is 0.497 e. The Kier molecular flexibility index (Phi) is 5.86. The summed E-state index contributed by atoms with van der Waals surface area (Å²) in [5, 5.41) is 2.96. The normalized spacial score (nSPS) is 18.4. The standard InChI is InChI=1S/C21H27NO4/c1-14-12-18(14)20-8-4-16(26-20)6-9-21(23)22-11-10-15-13-17(24-2)5-7-19(15)25-3/h4-5,7-8,13-14,18H,6,9-12H2,1-3H3,(H,22,23). The van der Waals surface area contributed by atoms with Gasteiger partial charge in [-0.2, -0.15) is 0 Å². The molecule has 5 nitrogen and oxygen atoms in total. The molecule has 1 saturated carbocycles. The number of amides is 1. The third-order valence-corrected chi connectivity index (χ3v) is 4.96. The van der Waals surface area contributed by atoms with Gasteiger partial charge in [-0.1, -0.05) is 6.92 Å². The second-order valence-electron chi connectivity index (χ2n) is 6.90. The van der Waals surface area contributed by atoms with Gasteiger partial charge >= 0.3 is 0 Å². The van der Waals surface area contributed by atoms with Crippen LogP contribution in [0.4, 0.5) is 0 Å². The van der Waals surface area contributed by atoms with Gasteiger partial charge in [0.25, 0.3) is 0 Å². The maximum atomic E-state index is 12.1. The Morgan fingerprint density at radius 1 is 1.19 bits per heavy atom. The van der Waals surface area contributed by atoms with Crippen molar-refractivity contribution in [1.82, 2.24) is 5.32 Å². The van der Waals surface area contributed by atoms with Crippen molar-refractivity contribution < 1.29 is 18.7 Å². The maximum Gasteiger partial charge on any atom is 0.220 e. The van der Waals surface area contributed by atoms with Gasteiger partial charge in [0, 0.05) is 25.3 Å². The van der Waals surface area contributed by atoms with Crippen LogP contribution in [0.15, 0.2) is 34.7 Å². The number of methoxy groups -OCH3 is 2. The van der Waals surface area contributed by atoms with Gasteiger partial charge in [0.05, 0.1) is 14.2 Å². The minimum absolute atomic E-state index is 0.0320. The summed E-state index contributed by atoms with van der Waals surface area (Å²) in [7, 11) is 3.28. The number of carbonyl (C=O) groups is 1. The van der Waals surface area contributed by atoms with Crippen molar-refractivity contribution in [3.8, 4) is 11.5 Å². The molecular weight excluding hydrogens is 330 g/mol. The fourth-order valence-corrected chi connectivity index (χ4v) is 3.19. The number of nitrogens with one attached hydrogen (secondary N) is 1. The van der Waals surface area contributed by atoms with Crippen molar-refractivity contribution >= 4 is 5.91 Å². The first-order chi connectivity index (χ1) is 12.6. The molecule has 0 saturated heterocycles. The highest BCUT2D eigenvalue weighted by molar-refractivity contribution is 5.76. The third-order valence-electron chi connectivity index (χ3n) is 4.96. The van der Waals surface area contributed by atoms with Crippen LogP contribution < -0.4 is 14.8 Å². The SMILES string of the molecule is COc1ccc(OC)c(CCNC(=O)CCc2ccc(C3CC3C)o2)c1. The first-order valence-corrected chi connectivity index (χ1v) is 9.17. The molecule has 0 radical (unpaired) electrons. The molecule has 2 unspecified atom stereocenters. The van der Waals surface area contributed by atoms with Gasteiger partial charge in [-0.3, -0.25) is 4.79 Å². The summed E-state index contributed by atoms with van der Waals surface area (Å²) >= 11 is 0. The van der Waals surface area contributed by atoms with E-state index in [0.717, 1.165) is 34.5 Å². The molecule has 1 heterocycles. The Morgan fingerprint density at radius 2 is 2.00 bits per heavy atom. The summed E-state index contributed by atoms with van der Waals surface area (Å²) in [5.41, 5.74) is 1.02. The summed E-state index contributed by atoms with van der Waals surface area (Å²) in [5.74, 6) is 4.89. The lowest BCUT2D eigenvalue weighted by Crippen LogP contribution is -2.25. The predicted octanol–water partition coefficient (Wildman–Crippen LogP) is 3.71. The van der Waals surface area contributed by atoms with Crippen LogP contribution in [-0.4, -0.2) is 26.7 Å². The van der Waals surface area contributed by atoms with E-state index in [4.69, 9.17) is 13.9 Å². The second kappa shape index (κ2) is 8.30. The predicted molar refractivity (Wildman–Crippen MR) is 99.8 cm³/mol. The third kappa shape index (κ3) is 4.59. The van der Waals surface area contributed by atoms with E-state index >= 15 is 0 Å². The van der Waals surface area contributed by atoms with E-state index in [1.54, 1.807) is 14.2 Å². The van der Waals surface area contributed by atoms with Crippen molar-refractivity contribution in [3.05, 3.63) is 47.4 Å². The molecule has 1 aromatic carbocycles. The number of aryl methyl sites for hydroxylation is 1. The minimum atomic E-state index is 0.0320. The minimum Gasteiger partial charge on any atom is -0.497 e. The number of hydrogen-bond acceptors (Lipinski definition) is 4. The van der Waals surface area contributed by atoms with Crippen LogP contribution in [-0.2, 0) is 17.6 Å². The number of rotatable bonds is 9. The van der Waals surface area contributed by atoms with Crippen LogP contribution in [0.1, 0.15) is 42.8 Å². The van der Waals surface area contributed by atoms with E-state index in [9.17, 15) is 4.79 Å². The average molecular weight is 357 g/mol. The summed E-state index contributed by atoms with van der Waals surface area (Å²) in [6.07, 6.45) is 2.97. The Labute approximate surface area is 154 Å². The molecule has 1 fully saturated rings. The van der Waals surface area contributed by atoms with Crippen molar-refractivity contribution in [2.75, 3.05) is 20.8 Å². The zero-order valence-corrected chi connectivity index (χ0v) is 15.7. The quantitative estimate of drug-likeness (QED) is 0.743. The molecular formula is C21H27NO4. The van der Waals surface area contributed by atoms with E-state index in [0.29, 0.717) is 31.7 Å². The maximum absolute atomic E-state index is 12.1. The molecule has 5 heteroatoms. The second-order valence-corrected chi connectivity index (χ2v) is 6.90. The molecule has 2 aromatic rings. The number of carbonyl (C=O) groups excluding carboxylic acids is 1. The Morgan fingerprint density at radius 3 is 2.69 bits per heavy atom. The lowest BCUT2D eigenvalue weighted by atomic mass is 10.1. The Bertz CT molecular complexity index is 752. The van der Waals surface area contributed by atoms with Gasteiger partial charge in [-0.05, 0) is 54.7 Å². The molecule has 1 aliphatic rings. The van der Waals surface area contributed by atoms with E-state index in [-0.39, 0.29) is 5.91 Å². The monoisotopic (exact) mass is 357 g/mol. The highest BCUT2D eigenvalue weighted by atomic mass is 16.5. The number of ether oxygens (including phenoxy) is 2. The summed E-state index contributed by atoms with van der Waals surface area (Å²) in [6.45, 7) is 2.79. The van der Waals surface area contributed by atoms with Crippen LogP contribution in [0.5, 0.6) is 11.5 Å². The van der Waals surface area contributed by atoms with Crippen molar-refractivity contribution in [3.63, 3.8) is 0 Å². The van der Waals surface area contributed by atoms with Gasteiger partial charge < -0.3 is 19.2 Å². The van der Waals surface area contributed by atoms with Gasteiger partial charge in [-0.25, -0.2) is 0 Å². The molecule has 0 spiro atoms. The summed E-state index contributed by atoms with van der Waals surface area (Å²) < 4.78 is 16.5. The van der Waals surface area contributed by atoms with Crippen molar-refractivity contribution in [2.45, 2.75) is 38.5 Å². The number of hydrogen-bond donors (Lipinski definition) is 1. The van der Waals surface area contributed by atoms with Crippen LogP contribution >= 0.6 is 0 Å². The lowest BCUT2D eigenvalue weighted by molar-refractivity contribution is -0.121. The van der Waals surface area contributed by atoms with E-state index in [1.807, 2.05) is 24.3 Å². The fourth-order valence-electron chi connectivity index (χ4n) is 3.19. The molecule has 26 heavy (non-hydrogen) atoms. The Balaban J connectivity index is 1.42. The average Bonchev–Trinajstić information content (AvgIpc) is 3.19. The number of furan rings is 1. The van der Waals surface area contributed by atoms with Gasteiger partial charge in [0.1, 0.15) is 23.0 Å². The smallest absolute Gasteiger partial charge is 0.220 e.